The van der Waals surface area contributed by atoms with Crippen molar-refractivity contribution in [2.45, 2.75) is 6.61 Å². The predicted molar refractivity (Wildman–Crippen MR) is 47.9 cm³/mol. The molecule has 1 N–H and O–H groups in total. The van der Waals surface area contributed by atoms with Gasteiger partial charge < -0.3 is 0 Å². The fourth-order valence-corrected chi connectivity index (χ4v) is 0.923. The summed E-state index contributed by atoms with van der Waals surface area (Å²) < 4.78 is 0. The molecule has 0 atom stereocenters. The molecule has 0 aliphatic rings. The van der Waals surface area contributed by atoms with Gasteiger partial charge in [-0.2, -0.15) is 0 Å². The van der Waals surface area contributed by atoms with Crippen LogP contribution in [0.5, 0.6) is 0 Å². The van der Waals surface area contributed by atoms with Gasteiger partial charge in [0.15, 0.2) is 0 Å². The van der Waals surface area contributed by atoms with Crippen molar-refractivity contribution >= 4 is 11.9 Å². The molecule has 0 aliphatic carbocycles. The van der Waals surface area contributed by atoms with E-state index in [1.807, 2.05) is 36.6 Å². The molecule has 0 bridgehead atoms. The fourth-order valence-electron chi connectivity index (χ4n) is 0.746. The predicted octanol–water partition coefficient (Wildman–Crippen LogP) is 1.99. The van der Waals surface area contributed by atoms with E-state index in [0.29, 0.717) is 6.61 Å². The molecule has 1 rings (SSSR count). The molecule has 0 unspecified atom stereocenters. The second-order valence-electron chi connectivity index (χ2n) is 2.06. The van der Waals surface area contributed by atoms with Crippen LogP contribution in [-0.4, -0.2) is 6.26 Å². The fraction of sp³-hybridized carbons (Fsp3) is 0.250. The lowest BCUT2D eigenvalue weighted by Crippen LogP contribution is -2.03. The van der Waals surface area contributed by atoms with Crippen molar-refractivity contribution in [1.82, 2.24) is 4.89 Å². The lowest BCUT2D eigenvalue weighted by atomic mass is 10.2. The van der Waals surface area contributed by atoms with Crippen LogP contribution in [0.25, 0.3) is 0 Å². The summed E-state index contributed by atoms with van der Waals surface area (Å²) in [6, 6.07) is 10.0. The topological polar surface area (TPSA) is 21.3 Å². The smallest absolute Gasteiger partial charge is 0.0944 e. The first-order valence-electron chi connectivity index (χ1n) is 3.37. The van der Waals surface area contributed by atoms with Crippen molar-refractivity contribution < 1.29 is 4.84 Å². The summed E-state index contributed by atoms with van der Waals surface area (Å²) in [5.74, 6) is 0. The van der Waals surface area contributed by atoms with Crippen LogP contribution < -0.4 is 4.89 Å². The van der Waals surface area contributed by atoms with E-state index < -0.39 is 0 Å². The molecule has 0 saturated carbocycles. The largest absolute Gasteiger partial charge is 0.286 e. The van der Waals surface area contributed by atoms with Crippen molar-refractivity contribution in [1.29, 1.82) is 0 Å². The highest BCUT2D eigenvalue weighted by Crippen LogP contribution is 1.99. The maximum absolute atomic E-state index is 5.08. The molecule has 0 aromatic heterocycles. The summed E-state index contributed by atoms with van der Waals surface area (Å²) >= 11 is 1.45. The standard InChI is InChI=1S/C8H11NOS/c1-11-9-10-7-8-5-3-2-4-6-8/h2-6,9H,7H2,1H3. The van der Waals surface area contributed by atoms with Gasteiger partial charge in [0.1, 0.15) is 0 Å². The number of rotatable bonds is 4. The lowest BCUT2D eigenvalue weighted by Gasteiger charge is -2.01. The minimum Gasteiger partial charge on any atom is -0.286 e. The van der Waals surface area contributed by atoms with Gasteiger partial charge in [-0.25, -0.2) is 0 Å². The van der Waals surface area contributed by atoms with E-state index in [-0.39, 0.29) is 0 Å². The maximum Gasteiger partial charge on any atom is 0.0944 e. The molecule has 0 amide bonds. The summed E-state index contributed by atoms with van der Waals surface area (Å²) in [7, 11) is 0. The Hall–Kier alpha value is -0.510. The molecule has 0 fully saturated rings. The molecule has 0 aliphatic heterocycles. The summed E-state index contributed by atoms with van der Waals surface area (Å²) in [5.41, 5.74) is 1.18. The summed E-state index contributed by atoms with van der Waals surface area (Å²) in [5, 5.41) is 0. The minimum absolute atomic E-state index is 0.613. The number of benzene rings is 1. The average Bonchev–Trinajstić information content (AvgIpc) is 2.07. The number of hydrogen-bond acceptors (Lipinski definition) is 3. The van der Waals surface area contributed by atoms with Crippen LogP contribution in [0.3, 0.4) is 0 Å². The highest BCUT2D eigenvalue weighted by atomic mass is 32.2. The van der Waals surface area contributed by atoms with Crippen LogP contribution in [0.1, 0.15) is 5.56 Å². The molecule has 1 aromatic rings. The van der Waals surface area contributed by atoms with E-state index in [4.69, 9.17) is 4.84 Å². The van der Waals surface area contributed by atoms with Gasteiger partial charge in [0.2, 0.25) is 0 Å². The van der Waals surface area contributed by atoms with E-state index >= 15 is 0 Å². The molecule has 11 heavy (non-hydrogen) atoms. The number of nitrogens with one attached hydrogen (secondary N) is 1. The average molecular weight is 169 g/mol. The zero-order valence-corrected chi connectivity index (χ0v) is 7.23. The molecule has 2 nitrogen and oxygen atoms in total. The third-order valence-electron chi connectivity index (χ3n) is 1.22. The molecule has 3 heteroatoms. The first kappa shape index (κ1) is 8.59. The Labute approximate surface area is 71.0 Å². The zero-order chi connectivity index (χ0) is 7.94. The first-order valence-corrected chi connectivity index (χ1v) is 4.59. The van der Waals surface area contributed by atoms with E-state index in [1.54, 1.807) is 0 Å². The van der Waals surface area contributed by atoms with Crippen LogP contribution >= 0.6 is 11.9 Å². The maximum atomic E-state index is 5.08. The van der Waals surface area contributed by atoms with Gasteiger partial charge in [0.05, 0.1) is 6.61 Å². The third kappa shape index (κ3) is 3.41. The van der Waals surface area contributed by atoms with Crippen molar-refractivity contribution in [2.24, 2.45) is 0 Å². The van der Waals surface area contributed by atoms with E-state index in [0.717, 1.165) is 0 Å². The van der Waals surface area contributed by atoms with Crippen LogP contribution in [0, 0.1) is 0 Å². The van der Waals surface area contributed by atoms with Crippen molar-refractivity contribution in [3.8, 4) is 0 Å². The Morgan fingerprint density at radius 1 is 1.36 bits per heavy atom. The lowest BCUT2D eigenvalue weighted by molar-refractivity contribution is 0.0874. The normalized spacial score (nSPS) is 9.91. The van der Waals surface area contributed by atoms with Crippen LogP contribution in [0.2, 0.25) is 0 Å². The van der Waals surface area contributed by atoms with Crippen LogP contribution in [0.4, 0.5) is 0 Å². The van der Waals surface area contributed by atoms with Gasteiger partial charge in [-0.1, -0.05) is 42.3 Å². The molecule has 1 aromatic carbocycles. The Morgan fingerprint density at radius 2 is 2.09 bits per heavy atom. The second kappa shape index (κ2) is 5.18. The highest BCUT2D eigenvalue weighted by molar-refractivity contribution is 7.96. The van der Waals surface area contributed by atoms with E-state index in [1.165, 1.54) is 17.5 Å². The highest BCUT2D eigenvalue weighted by Gasteiger charge is 1.88. The Bertz CT molecular complexity index is 191. The van der Waals surface area contributed by atoms with Gasteiger partial charge in [-0.3, -0.25) is 4.84 Å². The van der Waals surface area contributed by atoms with E-state index in [9.17, 15) is 0 Å². The van der Waals surface area contributed by atoms with Gasteiger partial charge in [-0.05, 0) is 11.8 Å². The molecule has 0 heterocycles. The van der Waals surface area contributed by atoms with Gasteiger partial charge >= 0.3 is 0 Å². The van der Waals surface area contributed by atoms with Gasteiger partial charge in [0.25, 0.3) is 0 Å². The van der Waals surface area contributed by atoms with Crippen LogP contribution in [-0.2, 0) is 11.4 Å². The molecular formula is C8H11NOS. The van der Waals surface area contributed by atoms with Gasteiger partial charge in [0, 0.05) is 0 Å². The molecular weight excluding hydrogens is 158 g/mol. The monoisotopic (exact) mass is 169 g/mol. The summed E-state index contributed by atoms with van der Waals surface area (Å²) in [6.07, 6.45) is 1.92. The summed E-state index contributed by atoms with van der Waals surface area (Å²) in [6.45, 7) is 0.613. The minimum atomic E-state index is 0.613. The van der Waals surface area contributed by atoms with Crippen LogP contribution in [0.15, 0.2) is 30.3 Å². The zero-order valence-electron chi connectivity index (χ0n) is 6.41. The Kier molecular flexibility index (Phi) is 4.04. The van der Waals surface area contributed by atoms with Gasteiger partial charge in [-0.15, -0.1) is 4.89 Å². The number of hydrogen-bond donors (Lipinski definition) is 1. The summed E-state index contributed by atoms with van der Waals surface area (Å²) in [4.78, 5) is 7.80. The third-order valence-corrected chi connectivity index (χ3v) is 1.51. The Morgan fingerprint density at radius 3 is 2.73 bits per heavy atom. The van der Waals surface area contributed by atoms with Crippen molar-refractivity contribution in [3.05, 3.63) is 35.9 Å². The molecule has 0 spiro atoms. The Balaban J connectivity index is 2.28. The molecule has 0 saturated heterocycles. The quantitative estimate of drug-likeness (QED) is 0.423. The van der Waals surface area contributed by atoms with E-state index in [2.05, 4.69) is 4.89 Å². The molecule has 0 radical (unpaired) electrons. The second-order valence-corrected chi connectivity index (χ2v) is 2.64. The molecule has 60 valence electrons. The van der Waals surface area contributed by atoms with Crippen molar-refractivity contribution in [2.75, 3.05) is 6.26 Å². The first-order chi connectivity index (χ1) is 5.43. The van der Waals surface area contributed by atoms with Crippen molar-refractivity contribution in [3.63, 3.8) is 0 Å². The SMILES string of the molecule is CSNOCc1ccccc1.